The summed E-state index contributed by atoms with van der Waals surface area (Å²) < 4.78 is 7.76. The third-order valence-electron chi connectivity index (χ3n) is 4.99. The molecule has 1 fully saturated rings. The topological polar surface area (TPSA) is 30.3 Å². The van der Waals surface area contributed by atoms with Crippen molar-refractivity contribution >= 4 is 11.3 Å². The quantitative estimate of drug-likeness (QED) is 0.730. The van der Waals surface area contributed by atoms with Gasteiger partial charge in [0.25, 0.3) is 0 Å². The number of aromatic nitrogens is 2. The maximum absolute atomic E-state index is 5.88. The number of ether oxygens (including phenoxy) is 1. The van der Waals surface area contributed by atoms with Crippen LogP contribution in [-0.2, 0) is 24.8 Å². The van der Waals surface area contributed by atoms with Crippen molar-refractivity contribution in [1.82, 2.24) is 14.7 Å². The number of thiophene rings is 1. The first kappa shape index (κ1) is 17.6. The molecule has 1 aliphatic heterocycles. The SMILES string of the molecule is CCOCC1(CCc2ccc(C)s2)CCN(Cc2cnn(C)c2)C1. The highest BCUT2D eigenvalue weighted by atomic mass is 32.1. The van der Waals surface area contributed by atoms with Crippen LogP contribution in [0, 0.1) is 12.3 Å². The number of likely N-dealkylation sites (tertiary alicyclic amines) is 1. The lowest BCUT2D eigenvalue weighted by Crippen LogP contribution is -2.32. The molecular weight excluding hydrogens is 318 g/mol. The summed E-state index contributed by atoms with van der Waals surface area (Å²) in [6.45, 7) is 9.27. The highest BCUT2D eigenvalue weighted by molar-refractivity contribution is 7.11. The van der Waals surface area contributed by atoms with Crippen molar-refractivity contribution in [3.8, 4) is 0 Å². The van der Waals surface area contributed by atoms with Crippen LogP contribution in [0.5, 0.6) is 0 Å². The summed E-state index contributed by atoms with van der Waals surface area (Å²) >= 11 is 1.93. The summed E-state index contributed by atoms with van der Waals surface area (Å²) in [5.74, 6) is 0. The second-order valence-corrected chi connectivity index (χ2v) is 8.50. The van der Waals surface area contributed by atoms with Crippen molar-refractivity contribution < 1.29 is 4.74 Å². The summed E-state index contributed by atoms with van der Waals surface area (Å²) in [6, 6.07) is 4.52. The highest BCUT2D eigenvalue weighted by Gasteiger charge is 2.38. The number of hydrogen-bond donors (Lipinski definition) is 0. The zero-order chi connectivity index (χ0) is 17.0. The van der Waals surface area contributed by atoms with Crippen LogP contribution in [0.4, 0.5) is 0 Å². The maximum atomic E-state index is 5.88. The summed E-state index contributed by atoms with van der Waals surface area (Å²) in [5, 5.41) is 4.29. The fourth-order valence-corrected chi connectivity index (χ4v) is 4.58. The van der Waals surface area contributed by atoms with Crippen molar-refractivity contribution in [3.63, 3.8) is 0 Å². The summed E-state index contributed by atoms with van der Waals surface area (Å²) in [6.07, 6.45) is 7.73. The normalized spacial score (nSPS) is 21.6. The Labute approximate surface area is 149 Å². The first-order valence-corrected chi connectivity index (χ1v) is 9.73. The summed E-state index contributed by atoms with van der Waals surface area (Å²) in [7, 11) is 1.98. The van der Waals surface area contributed by atoms with Gasteiger partial charge in [0.15, 0.2) is 0 Å². The standard InChI is InChI=1S/C19H29N3OS/c1-4-23-15-19(8-7-18-6-5-16(2)24-18)9-10-22(14-19)13-17-11-20-21(3)12-17/h5-6,11-12H,4,7-10,13-15H2,1-3H3. The van der Waals surface area contributed by atoms with Gasteiger partial charge in [-0.2, -0.15) is 5.10 Å². The van der Waals surface area contributed by atoms with E-state index in [0.29, 0.717) is 5.41 Å². The van der Waals surface area contributed by atoms with E-state index in [1.165, 1.54) is 34.6 Å². The molecule has 5 heteroatoms. The van der Waals surface area contributed by atoms with Crippen LogP contribution in [-0.4, -0.2) is 41.0 Å². The van der Waals surface area contributed by atoms with E-state index in [9.17, 15) is 0 Å². The van der Waals surface area contributed by atoms with Gasteiger partial charge in [-0.1, -0.05) is 0 Å². The lowest BCUT2D eigenvalue weighted by atomic mass is 9.83. The molecule has 0 bridgehead atoms. The largest absolute Gasteiger partial charge is 0.381 e. The summed E-state index contributed by atoms with van der Waals surface area (Å²) in [5.41, 5.74) is 1.61. The molecule has 1 saturated heterocycles. The van der Waals surface area contributed by atoms with Crippen molar-refractivity contribution in [2.24, 2.45) is 12.5 Å². The van der Waals surface area contributed by atoms with Gasteiger partial charge in [-0.3, -0.25) is 9.58 Å². The van der Waals surface area contributed by atoms with Gasteiger partial charge in [0, 0.05) is 53.7 Å². The molecule has 132 valence electrons. The van der Waals surface area contributed by atoms with Gasteiger partial charge in [-0.15, -0.1) is 11.3 Å². The molecule has 3 heterocycles. The second-order valence-electron chi connectivity index (χ2n) is 7.13. The van der Waals surface area contributed by atoms with Crippen LogP contribution in [0.3, 0.4) is 0 Å². The zero-order valence-electron chi connectivity index (χ0n) is 15.1. The van der Waals surface area contributed by atoms with Gasteiger partial charge in [-0.25, -0.2) is 0 Å². The van der Waals surface area contributed by atoms with Crippen LogP contribution >= 0.6 is 11.3 Å². The number of hydrogen-bond acceptors (Lipinski definition) is 4. The van der Waals surface area contributed by atoms with Gasteiger partial charge >= 0.3 is 0 Å². The zero-order valence-corrected chi connectivity index (χ0v) is 15.9. The Bertz CT molecular complexity index is 651. The Morgan fingerprint density at radius 2 is 2.25 bits per heavy atom. The Morgan fingerprint density at radius 1 is 1.38 bits per heavy atom. The molecule has 1 unspecified atom stereocenters. The minimum atomic E-state index is 0.302. The molecule has 1 aliphatic rings. The van der Waals surface area contributed by atoms with E-state index in [1.807, 2.05) is 29.3 Å². The first-order chi connectivity index (χ1) is 11.6. The molecule has 0 saturated carbocycles. The maximum Gasteiger partial charge on any atom is 0.0535 e. The average Bonchev–Trinajstić information content (AvgIpc) is 3.26. The lowest BCUT2D eigenvalue weighted by molar-refractivity contribution is 0.0490. The minimum Gasteiger partial charge on any atom is -0.381 e. The van der Waals surface area contributed by atoms with Crippen LogP contribution in [0.1, 0.15) is 35.1 Å². The monoisotopic (exact) mass is 347 g/mol. The minimum absolute atomic E-state index is 0.302. The first-order valence-electron chi connectivity index (χ1n) is 8.91. The van der Waals surface area contributed by atoms with Crippen LogP contribution in [0.2, 0.25) is 0 Å². The van der Waals surface area contributed by atoms with Crippen molar-refractivity contribution in [2.45, 2.75) is 39.7 Å². The van der Waals surface area contributed by atoms with Gasteiger partial charge in [-0.05, 0) is 51.8 Å². The third kappa shape index (κ3) is 4.47. The van der Waals surface area contributed by atoms with E-state index in [2.05, 4.69) is 42.2 Å². The fraction of sp³-hybridized carbons (Fsp3) is 0.632. The van der Waals surface area contributed by atoms with E-state index in [4.69, 9.17) is 4.74 Å². The van der Waals surface area contributed by atoms with Crippen LogP contribution < -0.4 is 0 Å². The van der Waals surface area contributed by atoms with E-state index < -0.39 is 0 Å². The Morgan fingerprint density at radius 3 is 2.92 bits per heavy atom. The average molecular weight is 348 g/mol. The van der Waals surface area contributed by atoms with Crippen molar-refractivity contribution in [2.75, 3.05) is 26.3 Å². The lowest BCUT2D eigenvalue weighted by Gasteiger charge is -2.29. The Balaban J connectivity index is 1.60. The van der Waals surface area contributed by atoms with Crippen molar-refractivity contribution in [1.29, 1.82) is 0 Å². The molecule has 0 N–H and O–H groups in total. The fourth-order valence-electron chi connectivity index (χ4n) is 3.69. The summed E-state index contributed by atoms with van der Waals surface area (Å²) in [4.78, 5) is 5.48. The smallest absolute Gasteiger partial charge is 0.0535 e. The molecule has 0 aromatic carbocycles. The second kappa shape index (κ2) is 7.81. The van der Waals surface area contributed by atoms with Gasteiger partial charge in [0.2, 0.25) is 0 Å². The number of nitrogens with zero attached hydrogens (tertiary/aromatic N) is 3. The van der Waals surface area contributed by atoms with E-state index in [-0.39, 0.29) is 0 Å². The predicted octanol–water partition coefficient (Wildman–Crippen LogP) is 3.65. The van der Waals surface area contributed by atoms with Gasteiger partial charge in [0.1, 0.15) is 0 Å². The molecule has 0 aliphatic carbocycles. The van der Waals surface area contributed by atoms with E-state index in [0.717, 1.165) is 32.8 Å². The van der Waals surface area contributed by atoms with Gasteiger partial charge < -0.3 is 4.74 Å². The van der Waals surface area contributed by atoms with Crippen LogP contribution in [0.25, 0.3) is 0 Å². The molecule has 4 nitrogen and oxygen atoms in total. The molecule has 0 amide bonds. The molecule has 3 rings (SSSR count). The molecular formula is C19H29N3OS. The molecule has 0 radical (unpaired) electrons. The molecule has 1 atom stereocenters. The van der Waals surface area contributed by atoms with Crippen molar-refractivity contribution in [3.05, 3.63) is 39.8 Å². The molecule has 24 heavy (non-hydrogen) atoms. The van der Waals surface area contributed by atoms with Crippen LogP contribution in [0.15, 0.2) is 24.5 Å². The predicted molar refractivity (Wildman–Crippen MR) is 99.4 cm³/mol. The molecule has 0 spiro atoms. The van der Waals surface area contributed by atoms with E-state index >= 15 is 0 Å². The van der Waals surface area contributed by atoms with Gasteiger partial charge in [0.05, 0.1) is 12.8 Å². The van der Waals surface area contributed by atoms with E-state index in [1.54, 1.807) is 0 Å². The number of aryl methyl sites for hydroxylation is 3. The molecule has 2 aromatic rings. The number of rotatable bonds is 8. The Hall–Kier alpha value is -1.17. The third-order valence-corrected chi connectivity index (χ3v) is 6.05. The molecule has 2 aromatic heterocycles. The Kier molecular flexibility index (Phi) is 5.74. The highest BCUT2D eigenvalue weighted by Crippen LogP contribution is 2.37.